The van der Waals surface area contributed by atoms with E-state index < -0.39 is 0 Å². The van der Waals surface area contributed by atoms with Crippen molar-refractivity contribution in [2.75, 3.05) is 13.7 Å². The number of carbonyl (C=O) groups excluding carboxylic acids is 1. The zero-order valence-corrected chi connectivity index (χ0v) is 13.8. The third-order valence-corrected chi connectivity index (χ3v) is 4.95. The van der Waals surface area contributed by atoms with Crippen molar-refractivity contribution in [3.63, 3.8) is 0 Å². The molecule has 4 rings (SSSR count). The van der Waals surface area contributed by atoms with Gasteiger partial charge in [0.1, 0.15) is 5.75 Å². The van der Waals surface area contributed by atoms with Crippen molar-refractivity contribution in [1.29, 1.82) is 0 Å². The number of benzene rings is 1. The quantitative estimate of drug-likeness (QED) is 0.918. The van der Waals surface area contributed by atoms with Gasteiger partial charge >= 0.3 is 0 Å². The summed E-state index contributed by atoms with van der Waals surface area (Å²) in [6.07, 6.45) is 4.98. The minimum absolute atomic E-state index is 0.0790. The molecule has 1 aromatic carbocycles. The van der Waals surface area contributed by atoms with E-state index in [1.807, 2.05) is 12.1 Å². The van der Waals surface area contributed by atoms with E-state index in [1.165, 1.54) is 24.7 Å². The van der Waals surface area contributed by atoms with E-state index in [-0.39, 0.29) is 18.0 Å². The number of carbonyl (C=O) groups is 1. The summed E-state index contributed by atoms with van der Waals surface area (Å²) in [6, 6.07) is 12.5. The molecule has 2 aromatic rings. The van der Waals surface area contributed by atoms with Crippen molar-refractivity contribution in [3.05, 3.63) is 54.0 Å². The Morgan fingerprint density at radius 3 is 2.83 bits per heavy atom. The molecule has 0 bridgehead atoms. The summed E-state index contributed by atoms with van der Waals surface area (Å²) < 4.78 is 10.6. The van der Waals surface area contributed by atoms with Crippen LogP contribution in [0, 0.1) is 0 Å². The van der Waals surface area contributed by atoms with Crippen molar-refractivity contribution < 1.29 is 13.9 Å². The van der Waals surface area contributed by atoms with Crippen molar-refractivity contribution in [1.82, 2.24) is 10.2 Å². The van der Waals surface area contributed by atoms with Crippen LogP contribution in [-0.4, -0.2) is 36.5 Å². The molecule has 2 fully saturated rings. The Morgan fingerprint density at radius 2 is 2.12 bits per heavy atom. The number of furan rings is 1. The van der Waals surface area contributed by atoms with E-state index in [4.69, 9.17) is 9.15 Å². The summed E-state index contributed by atoms with van der Waals surface area (Å²) in [5.74, 6) is 1.08. The molecular weight excluding hydrogens is 304 g/mol. The zero-order chi connectivity index (χ0) is 16.5. The average molecular weight is 326 g/mol. The smallest absolute Gasteiger partial charge is 0.287 e. The molecule has 2 heterocycles. The van der Waals surface area contributed by atoms with Gasteiger partial charge in [0.15, 0.2) is 5.76 Å². The minimum atomic E-state index is -0.143. The standard InChI is InChI=1S/C19H22N2O3/c1-23-15-5-2-4-13(12-15)18-16(9-10-21(18)14-7-8-14)20-19(22)17-6-3-11-24-17/h2-6,11-12,14,16,18H,7-10H2,1H3,(H,20,22)/t16-,18+/m1/s1. The van der Waals surface area contributed by atoms with Gasteiger partial charge in [0.05, 0.1) is 25.5 Å². The third kappa shape index (κ3) is 2.91. The summed E-state index contributed by atoms with van der Waals surface area (Å²) >= 11 is 0. The fraction of sp³-hybridized carbons (Fsp3) is 0.421. The van der Waals surface area contributed by atoms with Gasteiger partial charge in [-0.2, -0.15) is 0 Å². The first kappa shape index (κ1) is 15.3. The average Bonchev–Trinajstić information content (AvgIpc) is 3.14. The van der Waals surface area contributed by atoms with E-state index >= 15 is 0 Å². The SMILES string of the molecule is COc1cccc([C@H]2[C@H](NC(=O)c3ccco3)CCN2C2CC2)c1. The largest absolute Gasteiger partial charge is 0.497 e. The molecule has 2 aliphatic rings. The number of hydrogen-bond donors (Lipinski definition) is 1. The van der Waals surface area contributed by atoms with Crippen molar-refractivity contribution in [3.8, 4) is 5.75 Å². The molecule has 0 spiro atoms. The first-order valence-corrected chi connectivity index (χ1v) is 8.50. The molecule has 1 saturated heterocycles. The lowest BCUT2D eigenvalue weighted by Gasteiger charge is -2.29. The van der Waals surface area contributed by atoms with Crippen molar-refractivity contribution in [2.45, 2.75) is 37.4 Å². The fourth-order valence-corrected chi connectivity index (χ4v) is 3.68. The minimum Gasteiger partial charge on any atom is -0.497 e. The molecule has 1 saturated carbocycles. The van der Waals surface area contributed by atoms with Gasteiger partial charge in [-0.25, -0.2) is 0 Å². The summed E-state index contributed by atoms with van der Waals surface area (Å²) in [7, 11) is 1.68. The topological polar surface area (TPSA) is 54.7 Å². The van der Waals surface area contributed by atoms with E-state index in [9.17, 15) is 4.79 Å². The highest BCUT2D eigenvalue weighted by Gasteiger charge is 2.43. The monoisotopic (exact) mass is 326 g/mol. The van der Waals surface area contributed by atoms with Crippen LogP contribution in [0.25, 0.3) is 0 Å². The molecule has 126 valence electrons. The van der Waals surface area contributed by atoms with E-state index in [1.54, 1.807) is 19.2 Å². The molecule has 5 nitrogen and oxygen atoms in total. The van der Waals surface area contributed by atoms with Gasteiger partial charge in [-0.05, 0) is 49.1 Å². The molecule has 1 aliphatic heterocycles. The Labute approximate surface area is 141 Å². The second-order valence-corrected chi connectivity index (χ2v) is 6.54. The number of rotatable bonds is 5. The maximum atomic E-state index is 12.4. The van der Waals surface area contributed by atoms with Crippen LogP contribution in [0.3, 0.4) is 0 Å². The summed E-state index contributed by atoms with van der Waals surface area (Å²) in [4.78, 5) is 14.9. The Kier molecular flexibility index (Phi) is 4.02. The zero-order valence-electron chi connectivity index (χ0n) is 13.8. The van der Waals surface area contributed by atoms with Gasteiger partial charge < -0.3 is 14.5 Å². The van der Waals surface area contributed by atoms with Gasteiger partial charge in [0.2, 0.25) is 0 Å². The number of hydrogen-bond acceptors (Lipinski definition) is 4. The van der Waals surface area contributed by atoms with Crippen LogP contribution in [0.15, 0.2) is 47.1 Å². The van der Waals surface area contributed by atoms with Crippen LogP contribution in [0.5, 0.6) is 5.75 Å². The lowest BCUT2D eigenvalue weighted by molar-refractivity contribution is 0.0895. The lowest BCUT2D eigenvalue weighted by Crippen LogP contribution is -2.40. The van der Waals surface area contributed by atoms with E-state index in [0.717, 1.165) is 18.7 Å². The van der Waals surface area contributed by atoms with Gasteiger partial charge in [0, 0.05) is 12.6 Å². The fourth-order valence-electron chi connectivity index (χ4n) is 3.68. The van der Waals surface area contributed by atoms with Crippen LogP contribution in [0.1, 0.15) is 41.4 Å². The van der Waals surface area contributed by atoms with E-state index in [2.05, 4.69) is 22.3 Å². The summed E-state index contributed by atoms with van der Waals surface area (Å²) in [5, 5.41) is 3.16. The number of amides is 1. The van der Waals surface area contributed by atoms with Crippen LogP contribution >= 0.6 is 0 Å². The predicted molar refractivity (Wildman–Crippen MR) is 90.0 cm³/mol. The molecule has 24 heavy (non-hydrogen) atoms. The maximum Gasteiger partial charge on any atom is 0.287 e. The normalized spacial score (nSPS) is 24.0. The van der Waals surface area contributed by atoms with Gasteiger partial charge in [-0.15, -0.1) is 0 Å². The Balaban J connectivity index is 1.59. The maximum absolute atomic E-state index is 12.4. The van der Waals surface area contributed by atoms with Crippen molar-refractivity contribution in [2.24, 2.45) is 0 Å². The van der Waals surface area contributed by atoms with Gasteiger partial charge in [-0.1, -0.05) is 12.1 Å². The molecule has 0 unspecified atom stereocenters. The molecule has 1 amide bonds. The number of nitrogens with one attached hydrogen (secondary N) is 1. The second kappa shape index (κ2) is 6.32. The Bertz CT molecular complexity index is 709. The van der Waals surface area contributed by atoms with Crippen LogP contribution in [0.2, 0.25) is 0 Å². The van der Waals surface area contributed by atoms with E-state index in [0.29, 0.717) is 11.8 Å². The first-order valence-electron chi connectivity index (χ1n) is 8.50. The number of likely N-dealkylation sites (tertiary alicyclic amines) is 1. The third-order valence-electron chi connectivity index (χ3n) is 4.95. The molecule has 1 aromatic heterocycles. The molecule has 5 heteroatoms. The highest BCUT2D eigenvalue weighted by atomic mass is 16.5. The predicted octanol–water partition coefficient (Wildman–Crippen LogP) is 3.00. The molecule has 1 aliphatic carbocycles. The second-order valence-electron chi connectivity index (χ2n) is 6.54. The molecule has 2 atom stereocenters. The van der Waals surface area contributed by atoms with Crippen LogP contribution in [-0.2, 0) is 0 Å². The van der Waals surface area contributed by atoms with Crippen LogP contribution in [0.4, 0.5) is 0 Å². The summed E-state index contributed by atoms with van der Waals surface area (Å²) in [5.41, 5.74) is 1.20. The summed E-state index contributed by atoms with van der Waals surface area (Å²) in [6.45, 7) is 1.01. The lowest BCUT2D eigenvalue weighted by atomic mass is 9.99. The Morgan fingerprint density at radius 1 is 1.25 bits per heavy atom. The van der Waals surface area contributed by atoms with Crippen LogP contribution < -0.4 is 10.1 Å². The first-order chi connectivity index (χ1) is 11.8. The number of methoxy groups -OCH3 is 1. The molecular formula is C19H22N2O3. The highest BCUT2D eigenvalue weighted by Crippen LogP contribution is 2.41. The number of ether oxygens (including phenoxy) is 1. The van der Waals surface area contributed by atoms with Crippen molar-refractivity contribution >= 4 is 5.91 Å². The molecule has 1 N–H and O–H groups in total. The highest BCUT2D eigenvalue weighted by molar-refractivity contribution is 5.91. The van der Waals surface area contributed by atoms with Gasteiger partial charge in [-0.3, -0.25) is 9.69 Å². The van der Waals surface area contributed by atoms with Gasteiger partial charge in [0.25, 0.3) is 5.91 Å². The number of nitrogens with zero attached hydrogens (tertiary/aromatic N) is 1. The molecule has 0 radical (unpaired) electrons. The Hall–Kier alpha value is -2.27.